The van der Waals surface area contributed by atoms with Gasteiger partial charge in [-0.05, 0) is 6.54 Å². The van der Waals surface area contributed by atoms with E-state index in [2.05, 4.69) is 0 Å². The summed E-state index contributed by atoms with van der Waals surface area (Å²) in [7, 11) is -2.99. The van der Waals surface area contributed by atoms with Crippen LogP contribution in [0, 0.1) is 0 Å². The number of amides is 1. The van der Waals surface area contributed by atoms with Crippen LogP contribution in [0.5, 0.6) is 0 Å². The van der Waals surface area contributed by atoms with Crippen molar-refractivity contribution in [3.8, 4) is 0 Å². The van der Waals surface area contributed by atoms with Crippen LogP contribution in [-0.2, 0) is 9.36 Å². The van der Waals surface area contributed by atoms with E-state index in [0.29, 0.717) is 11.6 Å². The Hall–Kier alpha value is -0.460. The van der Waals surface area contributed by atoms with E-state index in [1.54, 1.807) is 6.92 Å². The van der Waals surface area contributed by atoms with Crippen molar-refractivity contribution in [2.75, 3.05) is 26.4 Å². The van der Waals surface area contributed by atoms with Crippen LogP contribution >= 0.6 is 7.60 Å². The van der Waals surface area contributed by atoms with E-state index < -0.39 is 19.8 Å². The first-order chi connectivity index (χ1) is 7.26. The quantitative estimate of drug-likeness (QED) is 0.372. The van der Waals surface area contributed by atoms with Crippen molar-refractivity contribution in [2.45, 2.75) is 20.8 Å². The van der Waals surface area contributed by atoms with Crippen LogP contribution in [0.15, 0.2) is 0 Å². The third-order valence-corrected chi connectivity index (χ3v) is 2.32. The predicted molar refractivity (Wildman–Crippen MR) is 60.1 cm³/mol. The molecule has 8 heteroatoms. The van der Waals surface area contributed by atoms with Crippen molar-refractivity contribution < 1.29 is 24.4 Å². The fourth-order valence-corrected chi connectivity index (χ4v) is 1.64. The lowest BCUT2D eigenvalue weighted by atomic mass is 10.5. The number of rotatable bonds is 5. The molecule has 0 bridgehead atoms. The SMILES string of the molecule is CC.CCN(CC(=O)N(C)O)CP(=O)(O)O. The van der Waals surface area contributed by atoms with Gasteiger partial charge in [-0.3, -0.25) is 19.5 Å². The molecule has 0 aliphatic carbocycles. The van der Waals surface area contributed by atoms with Crippen molar-refractivity contribution >= 4 is 13.5 Å². The molecule has 98 valence electrons. The first-order valence-electron chi connectivity index (χ1n) is 4.98. The molecule has 0 fully saturated rings. The van der Waals surface area contributed by atoms with E-state index >= 15 is 0 Å². The molecule has 0 saturated heterocycles. The van der Waals surface area contributed by atoms with Gasteiger partial charge in [-0.2, -0.15) is 0 Å². The normalized spacial score (nSPS) is 10.8. The van der Waals surface area contributed by atoms with Crippen molar-refractivity contribution in [3.05, 3.63) is 0 Å². The predicted octanol–water partition coefficient (Wildman–Crippen LogP) is 0.317. The second-order valence-electron chi connectivity index (χ2n) is 2.87. The average Bonchev–Trinajstić information content (AvgIpc) is 2.17. The van der Waals surface area contributed by atoms with Gasteiger partial charge in [0.2, 0.25) is 0 Å². The Morgan fingerprint density at radius 2 is 1.75 bits per heavy atom. The summed E-state index contributed by atoms with van der Waals surface area (Å²) in [6, 6.07) is 0. The zero-order valence-electron chi connectivity index (χ0n) is 10.1. The Kier molecular flexibility index (Phi) is 9.70. The van der Waals surface area contributed by atoms with Crippen LogP contribution in [0.2, 0.25) is 0 Å². The van der Waals surface area contributed by atoms with Gasteiger partial charge < -0.3 is 9.79 Å². The van der Waals surface area contributed by atoms with E-state index in [9.17, 15) is 9.36 Å². The topological polar surface area (TPSA) is 101 Å². The monoisotopic (exact) mass is 256 g/mol. The largest absolute Gasteiger partial charge is 0.339 e. The number of carbonyl (C=O) groups is 1. The first kappa shape index (κ1) is 17.9. The minimum Gasteiger partial charge on any atom is -0.324 e. The van der Waals surface area contributed by atoms with E-state index in [1.165, 1.54) is 4.90 Å². The minimum atomic E-state index is -4.15. The van der Waals surface area contributed by atoms with E-state index in [0.717, 1.165) is 7.05 Å². The van der Waals surface area contributed by atoms with Crippen LogP contribution in [0.25, 0.3) is 0 Å². The number of carbonyl (C=O) groups excluding carboxylic acids is 1. The fraction of sp³-hybridized carbons (Fsp3) is 0.875. The lowest BCUT2D eigenvalue weighted by Gasteiger charge is -2.21. The van der Waals surface area contributed by atoms with Crippen molar-refractivity contribution in [2.24, 2.45) is 0 Å². The number of hydrogen-bond acceptors (Lipinski definition) is 4. The number of hydrogen-bond donors (Lipinski definition) is 3. The van der Waals surface area contributed by atoms with Gasteiger partial charge in [-0.25, -0.2) is 5.06 Å². The van der Waals surface area contributed by atoms with E-state index in [-0.39, 0.29) is 6.54 Å². The van der Waals surface area contributed by atoms with Gasteiger partial charge in [0, 0.05) is 7.05 Å². The van der Waals surface area contributed by atoms with Crippen molar-refractivity contribution in [1.29, 1.82) is 0 Å². The van der Waals surface area contributed by atoms with Gasteiger partial charge in [0.1, 0.15) is 6.29 Å². The van der Waals surface area contributed by atoms with Gasteiger partial charge in [-0.1, -0.05) is 20.8 Å². The van der Waals surface area contributed by atoms with E-state index in [4.69, 9.17) is 15.0 Å². The number of hydroxylamine groups is 2. The molecule has 7 nitrogen and oxygen atoms in total. The highest BCUT2D eigenvalue weighted by atomic mass is 31.2. The van der Waals surface area contributed by atoms with Crippen LogP contribution < -0.4 is 0 Å². The van der Waals surface area contributed by atoms with Gasteiger partial charge >= 0.3 is 7.60 Å². The summed E-state index contributed by atoms with van der Waals surface area (Å²) < 4.78 is 10.6. The molecule has 0 atom stereocenters. The Balaban J connectivity index is 0. The van der Waals surface area contributed by atoms with Gasteiger partial charge in [0.05, 0.1) is 6.54 Å². The molecule has 3 N–H and O–H groups in total. The van der Waals surface area contributed by atoms with Gasteiger partial charge in [0.15, 0.2) is 0 Å². The second-order valence-corrected chi connectivity index (χ2v) is 4.48. The molecule has 0 aromatic carbocycles. The standard InChI is InChI=1S/C6H15N2O5P.C2H6/c1-3-8(5-14(11,12)13)4-6(9)7(2)10;1-2/h10H,3-5H2,1-2H3,(H2,11,12,13);1-2H3. The highest BCUT2D eigenvalue weighted by molar-refractivity contribution is 7.51. The highest BCUT2D eigenvalue weighted by Gasteiger charge is 2.20. The Morgan fingerprint density at radius 1 is 1.31 bits per heavy atom. The third-order valence-electron chi connectivity index (χ3n) is 1.55. The van der Waals surface area contributed by atoms with Crippen LogP contribution in [0.4, 0.5) is 0 Å². The molecular formula is C8H21N2O5P. The van der Waals surface area contributed by atoms with Crippen LogP contribution in [0.3, 0.4) is 0 Å². The summed E-state index contributed by atoms with van der Waals surface area (Å²) in [6.07, 6.45) is -0.483. The van der Waals surface area contributed by atoms with Crippen LogP contribution in [0.1, 0.15) is 20.8 Å². The molecule has 0 rings (SSSR count). The molecule has 0 aliphatic rings. The van der Waals surface area contributed by atoms with Gasteiger partial charge in [-0.15, -0.1) is 0 Å². The maximum atomic E-state index is 11.0. The summed E-state index contributed by atoms with van der Waals surface area (Å²) in [5, 5.41) is 9.12. The minimum absolute atomic E-state index is 0.214. The molecule has 0 unspecified atom stereocenters. The van der Waals surface area contributed by atoms with Crippen LogP contribution in [-0.4, -0.2) is 57.3 Å². The Morgan fingerprint density at radius 3 is 2.00 bits per heavy atom. The van der Waals surface area contributed by atoms with Crippen molar-refractivity contribution in [3.63, 3.8) is 0 Å². The molecule has 0 aromatic rings. The summed E-state index contributed by atoms with van der Waals surface area (Å²) in [4.78, 5) is 29.5. The molecule has 0 aromatic heterocycles. The molecule has 0 spiro atoms. The fourth-order valence-electron chi connectivity index (χ4n) is 0.816. The van der Waals surface area contributed by atoms with Crippen molar-refractivity contribution in [1.82, 2.24) is 9.96 Å². The summed E-state index contributed by atoms with van der Waals surface area (Å²) >= 11 is 0. The summed E-state index contributed by atoms with van der Waals surface area (Å²) in [6.45, 7) is 5.78. The van der Waals surface area contributed by atoms with E-state index in [1.807, 2.05) is 13.8 Å². The number of likely N-dealkylation sites (N-methyl/N-ethyl adjacent to an activating group) is 2. The maximum absolute atomic E-state index is 11.0. The lowest BCUT2D eigenvalue weighted by molar-refractivity contribution is -0.160. The highest BCUT2D eigenvalue weighted by Crippen LogP contribution is 2.34. The molecule has 0 saturated carbocycles. The molecule has 0 radical (unpaired) electrons. The Bertz CT molecular complexity index is 241. The Labute approximate surface area is 95.8 Å². The molecule has 1 amide bonds. The zero-order valence-corrected chi connectivity index (χ0v) is 11.0. The zero-order chi connectivity index (χ0) is 13.4. The third kappa shape index (κ3) is 10.1. The average molecular weight is 256 g/mol. The number of nitrogens with zero attached hydrogens (tertiary/aromatic N) is 2. The lowest BCUT2D eigenvalue weighted by Crippen LogP contribution is -2.37. The molecule has 16 heavy (non-hydrogen) atoms. The maximum Gasteiger partial charge on any atom is 0.339 e. The first-order valence-corrected chi connectivity index (χ1v) is 6.78. The van der Waals surface area contributed by atoms with Gasteiger partial charge in [0.25, 0.3) is 5.91 Å². The summed E-state index contributed by atoms with van der Waals surface area (Å²) in [5.41, 5.74) is 0. The smallest absolute Gasteiger partial charge is 0.324 e. The summed E-state index contributed by atoms with van der Waals surface area (Å²) in [5.74, 6) is -0.611. The molecule has 0 aliphatic heterocycles. The second kappa shape index (κ2) is 8.66. The molecule has 0 heterocycles. The molecular weight excluding hydrogens is 235 g/mol.